The topological polar surface area (TPSA) is 69.0 Å². The molecule has 0 aromatic rings. The summed E-state index contributed by atoms with van der Waals surface area (Å²) in [6.07, 6.45) is -13.3. The molecule has 2 bridgehead atoms. The molecule has 2 rings (SSSR count). The first-order valence-corrected chi connectivity index (χ1v) is 5.80. The van der Waals surface area contributed by atoms with Gasteiger partial charge in [0.05, 0.1) is 11.3 Å². The summed E-state index contributed by atoms with van der Waals surface area (Å²) in [7, 11) is 0. The lowest BCUT2D eigenvalue weighted by Gasteiger charge is -2.38. The molecule has 0 spiro atoms. The summed E-state index contributed by atoms with van der Waals surface area (Å²) >= 11 is 5.62. The van der Waals surface area contributed by atoms with E-state index in [1.54, 1.807) is 0 Å². The van der Waals surface area contributed by atoms with Crippen LogP contribution in [0.25, 0.3) is 0 Å². The Bertz CT molecular complexity index is 413. The fraction of sp³-hybridized carbons (Fsp3) is 1.00. The first kappa shape index (κ1) is 15.4. The van der Waals surface area contributed by atoms with Crippen LogP contribution < -0.4 is 5.32 Å². The molecule has 1 aliphatic carbocycles. The van der Waals surface area contributed by atoms with Gasteiger partial charge in [-0.05, 0) is 6.42 Å². The molecule has 2 fully saturated rings. The van der Waals surface area contributed by atoms with Gasteiger partial charge in [0.2, 0.25) is 0 Å². The number of piperidine rings is 1. The highest BCUT2D eigenvalue weighted by atomic mass is 35.5. The van der Waals surface area contributed by atoms with Crippen LogP contribution in [-0.4, -0.2) is 40.5 Å². The second-order valence-electron chi connectivity index (χ2n) is 4.76. The number of halogens is 7. The standard InChI is InChI=1S/C8H7ClF6N2O3/c9-4-2-1-3(20-17(18)19)5(4)16-6(2,7(10,11)12)8(13,14)15/h2-5,16H,1H2/p+1/t2-,3+,4+,5+/m0/s1. The highest BCUT2D eigenvalue weighted by Gasteiger charge is 2.86. The summed E-state index contributed by atoms with van der Waals surface area (Å²) in [5.74, 6) is -2.03. The Morgan fingerprint density at radius 3 is 2.05 bits per heavy atom. The Balaban J connectivity index is 2.37. The van der Waals surface area contributed by atoms with Gasteiger partial charge < -0.3 is 10.2 Å². The van der Waals surface area contributed by atoms with E-state index in [0.29, 0.717) is 0 Å². The summed E-state index contributed by atoms with van der Waals surface area (Å²) in [6, 6.07) is -1.48. The number of rotatable bonds is 2. The normalized spacial score (nSPS) is 36.1. The summed E-state index contributed by atoms with van der Waals surface area (Å²) in [4.78, 5) is 14.3. The summed E-state index contributed by atoms with van der Waals surface area (Å²) in [5, 5.41) is 7.44. The maximum atomic E-state index is 12.9. The van der Waals surface area contributed by atoms with Crippen molar-refractivity contribution in [1.29, 1.82) is 0 Å². The van der Waals surface area contributed by atoms with Crippen LogP contribution in [0.4, 0.5) is 26.3 Å². The quantitative estimate of drug-likeness (QED) is 0.356. The lowest BCUT2D eigenvalue weighted by atomic mass is 9.82. The Labute approximate surface area is 112 Å². The van der Waals surface area contributed by atoms with Crippen LogP contribution >= 0.6 is 11.6 Å². The van der Waals surface area contributed by atoms with Crippen molar-refractivity contribution in [3.63, 3.8) is 0 Å². The van der Waals surface area contributed by atoms with Gasteiger partial charge in [0, 0.05) is 0 Å². The molecule has 0 aromatic carbocycles. The van der Waals surface area contributed by atoms with Gasteiger partial charge in [-0.2, -0.15) is 26.3 Å². The molecule has 116 valence electrons. The van der Waals surface area contributed by atoms with Gasteiger partial charge in [0.25, 0.3) is 10.6 Å². The zero-order valence-corrected chi connectivity index (χ0v) is 10.2. The van der Waals surface area contributed by atoms with Crippen molar-refractivity contribution in [2.45, 2.75) is 41.8 Å². The first-order valence-electron chi connectivity index (χ1n) is 5.36. The van der Waals surface area contributed by atoms with Gasteiger partial charge in [-0.1, -0.05) is 0 Å². The molecule has 2 aliphatic rings. The molecule has 5 nitrogen and oxygen atoms in total. The third-order valence-electron chi connectivity index (χ3n) is 3.87. The third-order valence-corrected chi connectivity index (χ3v) is 4.46. The minimum Gasteiger partial charge on any atom is -0.320 e. The molecule has 12 heteroatoms. The van der Waals surface area contributed by atoms with Crippen LogP contribution in [0.3, 0.4) is 0 Å². The van der Waals surface area contributed by atoms with E-state index in [1.165, 1.54) is 0 Å². The summed E-state index contributed by atoms with van der Waals surface area (Å²) in [6.45, 7) is 0. The molecule has 1 saturated heterocycles. The van der Waals surface area contributed by atoms with Crippen molar-refractivity contribution in [3.8, 4) is 0 Å². The first-order chi connectivity index (χ1) is 8.92. The minimum absolute atomic E-state index is 0.0208. The highest BCUT2D eigenvalue weighted by molar-refractivity contribution is 6.21. The summed E-state index contributed by atoms with van der Waals surface area (Å²) in [5.41, 5.74) is -4.03. The number of hydrogen-bond acceptors (Lipinski definition) is 3. The number of alkyl halides is 7. The highest BCUT2D eigenvalue weighted by Crippen LogP contribution is 2.54. The molecule has 4 atom stereocenters. The van der Waals surface area contributed by atoms with Gasteiger partial charge in [0.15, 0.2) is 6.10 Å². The number of fused-ring (bicyclic) bond motifs is 2. The van der Waals surface area contributed by atoms with Crippen molar-refractivity contribution in [3.05, 3.63) is 10.1 Å². The Morgan fingerprint density at radius 1 is 1.25 bits per heavy atom. The van der Waals surface area contributed by atoms with Gasteiger partial charge in [0.1, 0.15) is 6.04 Å². The Morgan fingerprint density at radius 2 is 1.75 bits per heavy atom. The average molecular weight is 330 g/mol. The number of nitrogens with two attached hydrogens (primary N) is 1. The maximum absolute atomic E-state index is 12.9. The summed E-state index contributed by atoms with van der Waals surface area (Å²) < 4.78 is 77.7. The van der Waals surface area contributed by atoms with Gasteiger partial charge in [-0.3, -0.25) is 0 Å². The molecular weight excluding hydrogens is 322 g/mol. The Hall–Kier alpha value is -0.970. The predicted octanol–water partition coefficient (Wildman–Crippen LogP) is 1.000. The zero-order valence-electron chi connectivity index (χ0n) is 9.41. The molecule has 1 saturated carbocycles. The smallest absolute Gasteiger partial charge is 0.320 e. The second-order valence-corrected chi connectivity index (χ2v) is 5.27. The molecule has 0 amide bonds. The molecule has 1 heterocycles. The van der Waals surface area contributed by atoms with Crippen LogP contribution in [-0.2, 0) is 4.84 Å². The van der Waals surface area contributed by atoms with E-state index in [-0.39, 0.29) is 5.32 Å². The van der Waals surface area contributed by atoms with Gasteiger partial charge in [-0.15, -0.1) is 21.7 Å². The predicted molar refractivity (Wildman–Crippen MR) is 50.2 cm³/mol. The van der Waals surface area contributed by atoms with E-state index in [2.05, 4.69) is 4.84 Å². The Kier molecular flexibility index (Phi) is 3.29. The third kappa shape index (κ3) is 1.90. The fourth-order valence-electron chi connectivity index (χ4n) is 3.07. The van der Waals surface area contributed by atoms with Crippen molar-refractivity contribution < 1.29 is 41.6 Å². The van der Waals surface area contributed by atoms with Crippen LogP contribution in [0, 0.1) is 16.0 Å². The SMILES string of the molecule is O=[N+]([O-])O[C@@H]1C[C@H]2[C@@H](Cl)[C@@H]1[NH2+]C2(C(F)(F)F)C(F)(F)F. The maximum Gasteiger partial charge on any atom is 0.454 e. The molecule has 2 N–H and O–H groups in total. The van der Waals surface area contributed by atoms with E-state index in [1.807, 2.05) is 0 Å². The molecule has 0 unspecified atom stereocenters. The zero-order chi connectivity index (χ0) is 15.5. The van der Waals surface area contributed by atoms with E-state index < -0.39 is 52.8 Å². The molecule has 0 radical (unpaired) electrons. The number of hydrogen-bond donors (Lipinski definition) is 1. The fourth-order valence-corrected chi connectivity index (χ4v) is 3.60. The van der Waals surface area contributed by atoms with Crippen LogP contribution in [0.15, 0.2) is 0 Å². The number of nitrogens with zero attached hydrogens (tertiary/aromatic N) is 1. The number of quaternary nitrogens is 1. The lowest BCUT2D eigenvalue weighted by Crippen LogP contribution is -3.07. The molecular formula is C8H8ClF6N2O3+. The second kappa shape index (κ2) is 4.26. The lowest BCUT2D eigenvalue weighted by molar-refractivity contribution is -0.831. The monoisotopic (exact) mass is 329 g/mol. The van der Waals surface area contributed by atoms with E-state index in [4.69, 9.17) is 11.6 Å². The van der Waals surface area contributed by atoms with E-state index in [9.17, 15) is 36.5 Å². The van der Waals surface area contributed by atoms with Crippen LogP contribution in [0.2, 0.25) is 0 Å². The largest absolute Gasteiger partial charge is 0.454 e. The van der Waals surface area contributed by atoms with Crippen LogP contribution in [0.1, 0.15) is 6.42 Å². The van der Waals surface area contributed by atoms with Crippen molar-refractivity contribution >= 4 is 11.6 Å². The van der Waals surface area contributed by atoms with Gasteiger partial charge in [-0.25, -0.2) is 0 Å². The molecule has 0 aromatic heterocycles. The van der Waals surface area contributed by atoms with Crippen molar-refractivity contribution in [2.24, 2.45) is 5.92 Å². The van der Waals surface area contributed by atoms with E-state index in [0.717, 1.165) is 0 Å². The van der Waals surface area contributed by atoms with E-state index >= 15 is 0 Å². The average Bonchev–Trinajstić information content (AvgIpc) is 2.66. The minimum atomic E-state index is -5.57. The van der Waals surface area contributed by atoms with Gasteiger partial charge >= 0.3 is 12.4 Å². The van der Waals surface area contributed by atoms with Crippen molar-refractivity contribution in [2.75, 3.05) is 0 Å². The molecule has 1 aliphatic heterocycles. The van der Waals surface area contributed by atoms with Crippen LogP contribution in [0.5, 0.6) is 0 Å². The van der Waals surface area contributed by atoms with Crippen molar-refractivity contribution in [1.82, 2.24) is 0 Å². The molecule has 20 heavy (non-hydrogen) atoms.